The molecule has 0 unspecified atom stereocenters. The Bertz CT molecular complexity index is 1150. The molecular weight excluding hydrogens is 320 g/mol. The van der Waals surface area contributed by atoms with E-state index in [4.69, 9.17) is 0 Å². The van der Waals surface area contributed by atoms with Gasteiger partial charge in [0.05, 0.1) is 16.5 Å². The zero-order valence-electron chi connectivity index (χ0n) is 13.8. The number of carbonyl (C=O) groups is 1. The first kappa shape index (κ1) is 15.1. The molecule has 126 valence electrons. The zero-order valence-corrected chi connectivity index (χ0v) is 13.8. The number of benzene rings is 1. The fourth-order valence-corrected chi connectivity index (χ4v) is 2.92. The van der Waals surface area contributed by atoms with Crippen LogP contribution < -0.4 is 10.9 Å². The summed E-state index contributed by atoms with van der Waals surface area (Å²) in [5.74, 6) is 0. The first-order valence-electron chi connectivity index (χ1n) is 7.94. The molecule has 8 nitrogen and oxygen atoms in total. The van der Waals surface area contributed by atoms with Crippen LogP contribution in [0.1, 0.15) is 12.6 Å². The number of para-hydroxylation sites is 1. The van der Waals surface area contributed by atoms with Crippen molar-refractivity contribution in [1.82, 2.24) is 29.9 Å². The van der Waals surface area contributed by atoms with Crippen molar-refractivity contribution in [2.45, 2.75) is 13.8 Å². The zero-order chi connectivity index (χ0) is 17.6. The maximum Gasteiger partial charge on any atom is 0.342 e. The molecule has 0 saturated heterocycles. The number of rotatable bonds is 2. The van der Waals surface area contributed by atoms with Gasteiger partial charge in [0.25, 0.3) is 5.56 Å². The number of nitrogens with zero attached hydrogens (tertiary/aromatic N) is 4. The molecule has 0 aliphatic heterocycles. The third-order valence-corrected chi connectivity index (χ3v) is 4.05. The van der Waals surface area contributed by atoms with Crippen LogP contribution in [-0.2, 0) is 0 Å². The van der Waals surface area contributed by atoms with Gasteiger partial charge in [0.15, 0.2) is 5.65 Å². The average molecular weight is 336 g/mol. The van der Waals surface area contributed by atoms with E-state index in [9.17, 15) is 9.59 Å². The van der Waals surface area contributed by atoms with Crippen LogP contribution in [0.5, 0.6) is 0 Å². The fraction of sp³-hybridized carbons (Fsp3) is 0.176. The molecule has 4 rings (SSSR count). The average Bonchev–Trinajstić information content (AvgIpc) is 3.14. The van der Waals surface area contributed by atoms with Gasteiger partial charge in [-0.15, -0.1) is 0 Å². The number of pyridine rings is 1. The van der Waals surface area contributed by atoms with Gasteiger partial charge in [-0.2, -0.15) is 14.5 Å². The van der Waals surface area contributed by atoms with Crippen LogP contribution in [0.15, 0.2) is 41.3 Å². The molecule has 4 aromatic rings. The van der Waals surface area contributed by atoms with Gasteiger partial charge in [-0.05, 0) is 26.0 Å². The molecule has 1 amide bonds. The minimum absolute atomic E-state index is 0.235. The lowest BCUT2D eigenvalue weighted by Crippen LogP contribution is -2.29. The summed E-state index contributed by atoms with van der Waals surface area (Å²) < 4.78 is 2.69. The number of hydrogen-bond donors (Lipinski definition) is 2. The van der Waals surface area contributed by atoms with Gasteiger partial charge in [-0.1, -0.05) is 18.2 Å². The highest BCUT2D eigenvalue weighted by Crippen LogP contribution is 2.23. The molecular formula is C17H16N6O2. The number of aromatic amines is 1. The van der Waals surface area contributed by atoms with E-state index in [1.165, 1.54) is 15.6 Å². The number of H-pyrrole nitrogens is 1. The number of aryl methyl sites for hydroxylation is 1. The standard InChI is InChI=1S/C17H16N6O2/c1-3-18-17(25)23-15-13(10(2)20-23)14-12(9-19-15)16(24)22(21-14)11-7-5-4-6-8-11/h4-9,20H,3H2,1-2H3,(H,18,25). The summed E-state index contributed by atoms with van der Waals surface area (Å²) in [5.41, 5.74) is 2.13. The van der Waals surface area contributed by atoms with Gasteiger partial charge in [-0.3, -0.25) is 9.89 Å². The summed E-state index contributed by atoms with van der Waals surface area (Å²) in [4.78, 5) is 29.2. The highest BCUT2D eigenvalue weighted by atomic mass is 16.2. The van der Waals surface area contributed by atoms with Crippen molar-refractivity contribution in [1.29, 1.82) is 0 Å². The van der Waals surface area contributed by atoms with E-state index in [1.54, 1.807) is 0 Å². The van der Waals surface area contributed by atoms with Gasteiger partial charge in [0.2, 0.25) is 0 Å². The summed E-state index contributed by atoms with van der Waals surface area (Å²) in [7, 11) is 0. The topological polar surface area (TPSA) is 97.6 Å². The summed E-state index contributed by atoms with van der Waals surface area (Å²) in [6, 6.07) is 8.90. The smallest absolute Gasteiger partial charge is 0.336 e. The highest BCUT2D eigenvalue weighted by molar-refractivity contribution is 6.05. The normalized spacial score (nSPS) is 11.3. The van der Waals surface area contributed by atoms with E-state index in [0.717, 1.165) is 5.69 Å². The quantitative estimate of drug-likeness (QED) is 0.584. The summed E-state index contributed by atoms with van der Waals surface area (Å²) >= 11 is 0. The third-order valence-electron chi connectivity index (χ3n) is 4.05. The van der Waals surface area contributed by atoms with Crippen LogP contribution in [0, 0.1) is 6.92 Å². The van der Waals surface area contributed by atoms with E-state index in [-0.39, 0.29) is 11.6 Å². The second-order valence-electron chi connectivity index (χ2n) is 5.68. The Kier molecular flexibility index (Phi) is 3.38. The lowest BCUT2D eigenvalue weighted by atomic mass is 10.2. The van der Waals surface area contributed by atoms with Gasteiger partial charge in [0.1, 0.15) is 5.52 Å². The molecule has 0 aliphatic rings. The molecule has 3 heterocycles. The second kappa shape index (κ2) is 5.59. The monoisotopic (exact) mass is 336 g/mol. The van der Waals surface area contributed by atoms with E-state index in [2.05, 4.69) is 20.5 Å². The van der Waals surface area contributed by atoms with Crippen molar-refractivity contribution in [3.63, 3.8) is 0 Å². The van der Waals surface area contributed by atoms with Crippen molar-refractivity contribution in [2.75, 3.05) is 6.54 Å². The number of nitrogens with one attached hydrogen (secondary N) is 2. The maximum absolute atomic E-state index is 12.7. The minimum Gasteiger partial charge on any atom is -0.336 e. The molecule has 3 aromatic heterocycles. The molecule has 0 bridgehead atoms. The summed E-state index contributed by atoms with van der Waals surface area (Å²) in [5, 5.41) is 11.3. The number of hydrogen-bond acceptors (Lipinski definition) is 4. The van der Waals surface area contributed by atoms with Crippen molar-refractivity contribution < 1.29 is 4.79 Å². The Hall–Kier alpha value is -3.42. The van der Waals surface area contributed by atoms with Crippen LogP contribution in [0.3, 0.4) is 0 Å². The first-order chi connectivity index (χ1) is 12.1. The van der Waals surface area contributed by atoms with E-state index in [1.807, 2.05) is 44.2 Å². The van der Waals surface area contributed by atoms with Gasteiger partial charge in [-0.25, -0.2) is 9.78 Å². The molecule has 0 radical (unpaired) electrons. The Morgan fingerprint density at radius 1 is 1.28 bits per heavy atom. The van der Waals surface area contributed by atoms with Crippen molar-refractivity contribution in [2.24, 2.45) is 0 Å². The summed E-state index contributed by atoms with van der Waals surface area (Å²) in [6.45, 7) is 4.17. The van der Waals surface area contributed by atoms with Crippen LogP contribution >= 0.6 is 0 Å². The van der Waals surface area contributed by atoms with Crippen molar-refractivity contribution >= 4 is 28.0 Å². The second-order valence-corrected chi connectivity index (χ2v) is 5.68. The van der Waals surface area contributed by atoms with Gasteiger partial charge >= 0.3 is 6.03 Å². The van der Waals surface area contributed by atoms with Crippen LogP contribution in [-0.4, -0.2) is 37.1 Å². The number of carbonyl (C=O) groups excluding carboxylic acids is 1. The molecule has 0 saturated carbocycles. The van der Waals surface area contributed by atoms with Crippen LogP contribution in [0.25, 0.3) is 27.6 Å². The first-order valence-corrected chi connectivity index (χ1v) is 7.94. The van der Waals surface area contributed by atoms with Gasteiger partial charge < -0.3 is 5.32 Å². The van der Waals surface area contributed by atoms with E-state index >= 15 is 0 Å². The molecule has 0 spiro atoms. The molecule has 1 aromatic carbocycles. The molecule has 0 aliphatic carbocycles. The van der Waals surface area contributed by atoms with Crippen molar-refractivity contribution in [3.05, 3.63) is 52.6 Å². The van der Waals surface area contributed by atoms with E-state index in [0.29, 0.717) is 34.2 Å². The minimum atomic E-state index is -0.308. The Labute approximate surface area is 142 Å². The third kappa shape index (κ3) is 2.22. The lowest BCUT2D eigenvalue weighted by Gasteiger charge is -2.02. The number of amides is 1. The molecule has 8 heteroatoms. The summed E-state index contributed by atoms with van der Waals surface area (Å²) in [6.07, 6.45) is 1.47. The van der Waals surface area contributed by atoms with E-state index < -0.39 is 0 Å². The molecule has 0 fully saturated rings. The van der Waals surface area contributed by atoms with Crippen LogP contribution in [0.4, 0.5) is 4.79 Å². The Morgan fingerprint density at radius 2 is 2.04 bits per heavy atom. The molecule has 0 atom stereocenters. The maximum atomic E-state index is 12.7. The Morgan fingerprint density at radius 3 is 2.76 bits per heavy atom. The molecule has 25 heavy (non-hydrogen) atoms. The SMILES string of the molecule is CCNC(=O)n1[nH]c(C)c2c3nn(-c4ccccc4)c(=O)c3cnc21. The molecule has 2 N–H and O–H groups in total. The number of aromatic nitrogens is 5. The van der Waals surface area contributed by atoms with Crippen molar-refractivity contribution in [3.8, 4) is 5.69 Å². The van der Waals surface area contributed by atoms with Gasteiger partial charge in [0, 0.05) is 18.4 Å². The highest BCUT2D eigenvalue weighted by Gasteiger charge is 2.20. The predicted molar refractivity (Wildman–Crippen MR) is 94.2 cm³/mol. The Balaban J connectivity index is 2.02. The predicted octanol–water partition coefficient (Wildman–Crippen LogP) is 1.95. The number of fused-ring (bicyclic) bond motifs is 3. The van der Waals surface area contributed by atoms with Crippen LogP contribution in [0.2, 0.25) is 0 Å². The fourth-order valence-electron chi connectivity index (χ4n) is 2.92. The largest absolute Gasteiger partial charge is 0.342 e. The lowest BCUT2D eigenvalue weighted by molar-refractivity contribution is 0.241.